The van der Waals surface area contributed by atoms with Crippen molar-refractivity contribution >= 4 is 5.78 Å². The van der Waals surface area contributed by atoms with Crippen LogP contribution in [0.5, 0.6) is 0 Å². The van der Waals surface area contributed by atoms with E-state index in [1.165, 1.54) is 103 Å². The van der Waals surface area contributed by atoms with Gasteiger partial charge in [-0.1, -0.05) is 116 Å². The molecular weight excluding hydrogens is 292 g/mol. The minimum Gasteiger partial charge on any atom is -0.295 e. The summed E-state index contributed by atoms with van der Waals surface area (Å²) in [4.78, 5) is 11.4. The first-order chi connectivity index (χ1) is 11.7. The molecule has 0 N–H and O–H groups in total. The number of hydrogen-bond donors (Lipinski definition) is 0. The van der Waals surface area contributed by atoms with Crippen molar-refractivity contribution in [1.29, 1.82) is 0 Å². The summed E-state index contributed by atoms with van der Waals surface area (Å²) in [5, 5.41) is 0. The highest BCUT2D eigenvalue weighted by Crippen LogP contribution is 2.14. The first-order valence-electron chi connectivity index (χ1n) is 10.9. The van der Waals surface area contributed by atoms with Gasteiger partial charge in [-0.15, -0.1) is 0 Å². The zero-order valence-corrected chi connectivity index (χ0v) is 16.8. The smallest absolute Gasteiger partial charge is 0.157 e. The van der Waals surface area contributed by atoms with Gasteiger partial charge < -0.3 is 0 Å². The van der Waals surface area contributed by atoms with Gasteiger partial charge in [-0.05, 0) is 18.9 Å². The number of carbonyl (C=O) groups excluding carboxylic acids is 1. The molecule has 0 heterocycles. The summed E-state index contributed by atoms with van der Waals surface area (Å²) in [6.07, 6.45) is 24.2. The molecule has 0 aromatic carbocycles. The Morgan fingerprint density at radius 2 is 0.875 bits per heavy atom. The summed E-state index contributed by atoms with van der Waals surface area (Å²) in [5.41, 5.74) is 0.714. The van der Waals surface area contributed by atoms with Crippen molar-refractivity contribution < 1.29 is 4.79 Å². The van der Waals surface area contributed by atoms with E-state index < -0.39 is 0 Å². The number of Topliss-reactive ketones (excluding diaryl/α,β-unsaturated/α-hetero) is 1. The second kappa shape index (κ2) is 18.7. The summed E-state index contributed by atoms with van der Waals surface area (Å²) in [6, 6.07) is 0. The molecule has 0 atom stereocenters. The fourth-order valence-electron chi connectivity index (χ4n) is 3.22. The molecule has 0 radical (unpaired) electrons. The van der Waals surface area contributed by atoms with E-state index in [1.807, 2.05) is 6.92 Å². The molecule has 24 heavy (non-hydrogen) atoms. The second-order valence-electron chi connectivity index (χ2n) is 7.61. The van der Waals surface area contributed by atoms with Crippen LogP contribution in [0.4, 0.5) is 0 Å². The van der Waals surface area contributed by atoms with Gasteiger partial charge in [0.25, 0.3) is 0 Å². The Bertz CT molecular complexity index is 292. The van der Waals surface area contributed by atoms with Crippen LogP contribution in [-0.2, 0) is 4.79 Å². The van der Waals surface area contributed by atoms with Gasteiger partial charge in [0.2, 0.25) is 0 Å². The molecule has 0 fully saturated rings. The lowest BCUT2D eigenvalue weighted by Crippen LogP contribution is -1.97. The predicted octanol–water partition coefficient (Wildman–Crippen LogP) is 8.17. The van der Waals surface area contributed by atoms with Crippen molar-refractivity contribution in [2.75, 3.05) is 0 Å². The number of hydrogen-bond acceptors (Lipinski definition) is 1. The number of ketones is 1. The number of allylic oxidation sites excluding steroid dienone is 1. The standard InChI is InChI=1S/C23H44O/c1-4-5-6-7-8-9-10-11-12-13-14-15-16-17-18-19-20-21-23(24)22(2)3/h2,4-21H2,1,3H3. The van der Waals surface area contributed by atoms with Gasteiger partial charge in [-0.2, -0.15) is 0 Å². The third-order valence-corrected chi connectivity index (χ3v) is 4.98. The molecule has 0 rings (SSSR count). The molecule has 1 heteroatoms. The van der Waals surface area contributed by atoms with E-state index in [1.54, 1.807) is 0 Å². The van der Waals surface area contributed by atoms with Crippen LogP contribution >= 0.6 is 0 Å². The van der Waals surface area contributed by atoms with E-state index in [2.05, 4.69) is 13.5 Å². The molecule has 0 amide bonds. The largest absolute Gasteiger partial charge is 0.295 e. The van der Waals surface area contributed by atoms with Gasteiger partial charge in [-0.25, -0.2) is 0 Å². The van der Waals surface area contributed by atoms with Crippen LogP contribution in [0.25, 0.3) is 0 Å². The topological polar surface area (TPSA) is 17.1 Å². The average molecular weight is 337 g/mol. The van der Waals surface area contributed by atoms with E-state index >= 15 is 0 Å². The molecule has 0 unspecified atom stereocenters. The Labute approximate surface area is 152 Å². The van der Waals surface area contributed by atoms with E-state index in [-0.39, 0.29) is 5.78 Å². The Morgan fingerprint density at radius 1 is 0.583 bits per heavy atom. The van der Waals surface area contributed by atoms with Crippen molar-refractivity contribution in [3.63, 3.8) is 0 Å². The van der Waals surface area contributed by atoms with Crippen LogP contribution in [0.2, 0.25) is 0 Å². The average Bonchev–Trinajstić information content (AvgIpc) is 2.57. The van der Waals surface area contributed by atoms with Crippen molar-refractivity contribution in [3.8, 4) is 0 Å². The molecule has 142 valence electrons. The number of rotatable bonds is 19. The fourth-order valence-corrected chi connectivity index (χ4v) is 3.22. The third-order valence-electron chi connectivity index (χ3n) is 4.98. The normalized spacial score (nSPS) is 10.9. The molecule has 0 bridgehead atoms. The molecule has 0 saturated heterocycles. The third kappa shape index (κ3) is 17.8. The van der Waals surface area contributed by atoms with Gasteiger partial charge in [-0.3, -0.25) is 4.79 Å². The molecule has 0 aliphatic heterocycles. The lowest BCUT2D eigenvalue weighted by Gasteiger charge is -2.04. The van der Waals surface area contributed by atoms with Crippen LogP contribution in [-0.4, -0.2) is 5.78 Å². The summed E-state index contributed by atoms with van der Waals surface area (Å²) in [6.45, 7) is 7.80. The maximum atomic E-state index is 11.4. The fraction of sp³-hybridized carbons (Fsp3) is 0.870. The van der Waals surface area contributed by atoms with E-state index in [0.29, 0.717) is 12.0 Å². The van der Waals surface area contributed by atoms with Crippen molar-refractivity contribution in [2.24, 2.45) is 0 Å². The first-order valence-corrected chi connectivity index (χ1v) is 10.9. The second-order valence-corrected chi connectivity index (χ2v) is 7.61. The minimum absolute atomic E-state index is 0.246. The maximum absolute atomic E-state index is 11.4. The van der Waals surface area contributed by atoms with Gasteiger partial charge >= 0.3 is 0 Å². The highest BCUT2D eigenvalue weighted by Gasteiger charge is 2.01. The maximum Gasteiger partial charge on any atom is 0.157 e. The Hall–Kier alpha value is -0.590. The molecule has 0 aromatic heterocycles. The summed E-state index contributed by atoms with van der Waals surface area (Å²) < 4.78 is 0. The molecule has 0 spiro atoms. The van der Waals surface area contributed by atoms with Gasteiger partial charge in [0.05, 0.1) is 0 Å². The van der Waals surface area contributed by atoms with Crippen molar-refractivity contribution in [2.45, 2.75) is 129 Å². The molecule has 0 aliphatic carbocycles. The van der Waals surface area contributed by atoms with Crippen molar-refractivity contribution in [1.82, 2.24) is 0 Å². The predicted molar refractivity (Wildman–Crippen MR) is 109 cm³/mol. The highest BCUT2D eigenvalue weighted by atomic mass is 16.1. The van der Waals surface area contributed by atoms with Gasteiger partial charge in [0, 0.05) is 6.42 Å². The molecule has 0 aromatic rings. The van der Waals surface area contributed by atoms with Crippen LogP contribution in [0.3, 0.4) is 0 Å². The summed E-state index contributed by atoms with van der Waals surface area (Å²) in [7, 11) is 0. The van der Waals surface area contributed by atoms with E-state index in [0.717, 1.165) is 6.42 Å². The van der Waals surface area contributed by atoms with Crippen LogP contribution in [0, 0.1) is 0 Å². The van der Waals surface area contributed by atoms with Crippen LogP contribution in [0.1, 0.15) is 129 Å². The zero-order valence-electron chi connectivity index (χ0n) is 16.8. The minimum atomic E-state index is 0.246. The van der Waals surface area contributed by atoms with Crippen molar-refractivity contribution in [3.05, 3.63) is 12.2 Å². The monoisotopic (exact) mass is 336 g/mol. The number of carbonyl (C=O) groups is 1. The van der Waals surface area contributed by atoms with E-state index in [4.69, 9.17) is 0 Å². The number of unbranched alkanes of at least 4 members (excludes halogenated alkanes) is 16. The Kier molecular flexibility index (Phi) is 18.3. The lowest BCUT2D eigenvalue weighted by atomic mass is 10.0. The summed E-state index contributed by atoms with van der Waals surface area (Å²) in [5.74, 6) is 0.246. The Morgan fingerprint density at radius 3 is 1.17 bits per heavy atom. The molecule has 0 saturated carbocycles. The van der Waals surface area contributed by atoms with Crippen LogP contribution in [0.15, 0.2) is 12.2 Å². The summed E-state index contributed by atoms with van der Waals surface area (Å²) >= 11 is 0. The van der Waals surface area contributed by atoms with Gasteiger partial charge in [0.15, 0.2) is 5.78 Å². The highest BCUT2D eigenvalue weighted by molar-refractivity contribution is 5.93. The Balaban J connectivity index is 3.05. The lowest BCUT2D eigenvalue weighted by molar-refractivity contribution is -0.115. The van der Waals surface area contributed by atoms with Gasteiger partial charge in [0.1, 0.15) is 0 Å². The van der Waals surface area contributed by atoms with Crippen LogP contribution < -0.4 is 0 Å². The van der Waals surface area contributed by atoms with E-state index in [9.17, 15) is 4.79 Å². The molecular formula is C23H44O. The SMILES string of the molecule is C=C(C)C(=O)CCCCCCCCCCCCCCCCCCC. The quantitative estimate of drug-likeness (QED) is 0.172. The molecule has 0 aliphatic rings. The first kappa shape index (κ1) is 23.4. The zero-order chi connectivity index (χ0) is 17.9. The molecule has 1 nitrogen and oxygen atoms in total.